The molecule has 34 heavy (non-hydrogen) atoms. The molecule has 0 spiro atoms. The molecule has 4 aromatic rings. The maximum absolute atomic E-state index is 14.1. The van der Waals surface area contributed by atoms with Crippen LogP contribution >= 0.6 is 0 Å². The van der Waals surface area contributed by atoms with Crippen molar-refractivity contribution < 1.29 is 26.7 Å². The molecule has 1 N–H and O–H groups in total. The summed E-state index contributed by atoms with van der Waals surface area (Å²) in [6, 6.07) is 1.90. The minimum Gasteiger partial charge on any atom is -0.293 e. The van der Waals surface area contributed by atoms with Crippen LogP contribution in [0.5, 0.6) is 0 Å². The number of carbonyl (C=O) groups is 1. The third-order valence-corrected chi connectivity index (χ3v) is 5.56. The first-order valence-electron chi connectivity index (χ1n) is 10.5. The predicted octanol–water partition coefficient (Wildman–Crippen LogP) is 3.72. The Labute approximate surface area is 189 Å². The number of pyridine rings is 2. The number of halogens is 5. The smallest absolute Gasteiger partial charge is 0.293 e. The second kappa shape index (κ2) is 8.31. The molecule has 0 aromatic carbocycles. The lowest BCUT2D eigenvalue weighted by Crippen LogP contribution is -2.42. The Kier molecular flexibility index (Phi) is 5.42. The van der Waals surface area contributed by atoms with Gasteiger partial charge < -0.3 is 0 Å². The third kappa shape index (κ3) is 4.06. The molecule has 1 fully saturated rings. The van der Waals surface area contributed by atoms with Gasteiger partial charge in [0, 0.05) is 36.9 Å². The van der Waals surface area contributed by atoms with Gasteiger partial charge in [0.15, 0.2) is 11.5 Å². The number of nitrogens with one attached hydrogen (secondary N) is 1. The minimum absolute atomic E-state index is 0.00357. The fourth-order valence-electron chi connectivity index (χ4n) is 4.03. The molecule has 0 radical (unpaired) electrons. The van der Waals surface area contributed by atoms with E-state index in [2.05, 4.69) is 20.5 Å². The van der Waals surface area contributed by atoms with E-state index in [1.165, 1.54) is 23.5 Å². The Morgan fingerprint density at radius 1 is 1.09 bits per heavy atom. The van der Waals surface area contributed by atoms with E-state index in [4.69, 9.17) is 0 Å². The predicted molar refractivity (Wildman–Crippen MR) is 111 cm³/mol. The number of carbonyl (C=O) groups excluding carboxylic acids is 1. The van der Waals surface area contributed by atoms with Crippen LogP contribution in [0.2, 0.25) is 0 Å². The highest BCUT2D eigenvalue weighted by Crippen LogP contribution is 2.31. The largest absolute Gasteiger partial charge is 0.408 e. The Balaban J connectivity index is 1.65. The highest BCUT2D eigenvalue weighted by molar-refractivity contribution is 5.98. The van der Waals surface area contributed by atoms with Crippen molar-refractivity contribution in [1.29, 1.82) is 0 Å². The van der Waals surface area contributed by atoms with E-state index in [0.717, 1.165) is 29.9 Å². The van der Waals surface area contributed by atoms with Crippen molar-refractivity contribution in [2.24, 2.45) is 0 Å². The van der Waals surface area contributed by atoms with Crippen LogP contribution in [0.4, 0.5) is 22.0 Å². The van der Waals surface area contributed by atoms with Crippen LogP contribution in [-0.2, 0) is 6.54 Å². The fraction of sp³-hybridized carbons (Fsp3) is 0.333. The number of amides is 1. The van der Waals surface area contributed by atoms with E-state index in [-0.39, 0.29) is 33.6 Å². The molecule has 0 saturated carbocycles. The Bertz CT molecular complexity index is 1390. The molecule has 1 amide bonds. The normalized spacial score (nSPS) is 15.3. The number of aromatic nitrogens is 5. The second-order valence-electron chi connectivity index (χ2n) is 7.98. The van der Waals surface area contributed by atoms with Gasteiger partial charge in [0.1, 0.15) is 23.7 Å². The Morgan fingerprint density at radius 3 is 2.71 bits per heavy atom. The zero-order valence-electron chi connectivity index (χ0n) is 17.6. The van der Waals surface area contributed by atoms with E-state index in [1.54, 1.807) is 0 Å². The molecule has 13 heteroatoms. The summed E-state index contributed by atoms with van der Waals surface area (Å²) in [5, 5.41) is 5.65. The molecular formula is C21H18F5N7O. The SMILES string of the molecule is O=C(c1cc2c(cn1)c(-c1cnc3c(F)cc(F)cn13)nn2CC(F)(F)F)N1CCCCCN1. The van der Waals surface area contributed by atoms with Crippen LogP contribution < -0.4 is 5.43 Å². The van der Waals surface area contributed by atoms with Crippen LogP contribution in [-0.4, -0.2) is 54.3 Å². The average molecular weight is 479 g/mol. The van der Waals surface area contributed by atoms with Crippen molar-refractivity contribution in [2.45, 2.75) is 32.0 Å². The van der Waals surface area contributed by atoms with E-state index in [0.29, 0.717) is 23.8 Å². The molecule has 0 aliphatic carbocycles. The molecule has 0 atom stereocenters. The summed E-state index contributed by atoms with van der Waals surface area (Å²) < 4.78 is 69.6. The van der Waals surface area contributed by atoms with Gasteiger partial charge in [-0.25, -0.2) is 19.2 Å². The summed E-state index contributed by atoms with van der Waals surface area (Å²) in [5.41, 5.74) is 2.82. The number of rotatable bonds is 3. The fourth-order valence-corrected chi connectivity index (χ4v) is 4.03. The lowest BCUT2D eigenvalue weighted by molar-refractivity contribution is -0.141. The van der Waals surface area contributed by atoms with Crippen molar-refractivity contribution in [3.05, 3.63) is 48.1 Å². The zero-order valence-corrected chi connectivity index (χ0v) is 17.6. The number of nitrogens with zero attached hydrogens (tertiary/aromatic N) is 6. The summed E-state index contributed by atoms with van der Waals surface area (Å²) in [6.45, 7) is -0.376. The number of hydrogen-bond donors (Lipinski definition) is 1. The minimum atomic E-state index is -4.60. The monoisotopic (exact) mass is 479 g/mol. The van der Waals surface area contributed by atoms with Gasteiger partial charge in [-0.05, 0) is 18.9 Å². The van der Waals surface area contributed by atoms with Gasteiger partial charge in [0.05, 0.1) is 17.4 Å². The Hall–Kier alpha value is -3.61. The highest BCUT2D eigenvalue weighted by Gasteiger charge is 2.31. The van der Waals surface area contributed by atoms with E-state index < -0.39 is 30.3 Å². The van der Waals surface area contributed by atoms with Crippen molar-refractivity contribution in [1.82, 2.24) is 34.6 Å². The van der Waals surface area contributed by atoms with Gasteiger partial charge in [0.2, 0.25) is 0 Å². The lowest BCUT2D eigenvalue weighted by atomic mass is 10.2. The van der Waals surface area contributed by atoms with E-state index >= 15 is 0 Å². The molecule has 0 bridgehead atoms. The molecule has 8 nitrogen and oxygen atoms in total. The first kappa shape index (κ1) is 22.2. The first-order valence-corrected chi connectivity index (χ1v) is 10.5. The quantitative estimate of drug-likeness (QED) is 0.453. The molecule has 4 aromatic heterocycles. The Morgan fingerprint density at radius 2 is 1.91 bits per heavy atom. The standard InChI is InChI=1S/C21H18F5N7O/c22-12-6-14(23)19-28-9-17(31(19)10-12)18-13-8-27-15(20(34)32-5-3-1-2-4-29-32)7-16(13)33(30-18)11-21(24,25)26/h6-10,29H,1-5,11H2. The summed E-state index contributed by atoms with van der Waals surface area (Å²) in [7, 11) is 0. The summed E-state index contributed by atoms with van der Waals surface area (Å²) >= 11 is 0. The number of fused-ring (bicyclic) bond motifs is 2. The van der Waals surface area contributed by atoms with Crippen molar-refractivity contribution in [3.8, 4) is 11.4 Å². The highest BCUT2D eigenvalue weighted by atomic mass is 19.4. The summed E-state index contributed by atoms with van der Waals surface area (Å²) in [4.78, 5) is 21.0. The van der Waals surface area contributed by atoms with Crippen LogP contribution in [0.1, 0.15) is 29.8 Å². The van der Waals surface area contributed by atoms with Crippen LogP contribution in [0.25, 0.3) is 27.9 Å². The average Bonchev–Trinajstić information content (AvgIpc) is 3.21. The van der Waals surface area contributed by atoms with Crippen molar-refractivity contribution in [2.75, 3.05) is 13.1 Å². The van der Waals surface area contributed by atoms with Gasteiger partial charge in [-0.2, -0.15) is 18.3 Å². The van der Waals surface area contributed by atoms with Crippen LogP contribution in [0, 0.1) is 11.6 Å². The van der Waals surface area contributed by atoms with Crippen molar-refractivity contribution in [3.63, 3.8) is 0 Å². The van der Waals surface area contributed by atoms with Crippen LogP contribution in [0.15, 0.2) is 30.7 Å². The van der Waals surface area contributed by atoms with Gasteiger partial charge in [-0.1, -0.05) is 6.42 Å². The maximum Gasteiger partial charge on any atom is 0.408 e. The number of imidazole rings is 1. The van der Waals surface area contributed by atoms with Gasteiger partial charge >= 0.3 is 6.18 Å². The van der Waals surface area contributed by atoms with Gasteiger partial charge in [-0.3, -0.25) is 23.9 Å². The van der Waals surface area contributed by atoms with E-state index in [1.807, 2.05) is 0 Å². The maximum atomic E-state index is 14.1. The zero-order chi connectivity index (χ0) is 24.0. The van der Waals surface area contributed by atoms with Gasteiger partial charge in [0.25, 0.3) is 5.91 Å². The molecule has 5 heterocycles. The number of hydrazine groups is 1. The molecular weight excluding hydrogens is 461 g/mol. The molecule has 1 saturated heterocycles. The summed E-state index contributed by atoms with van der Waals surface area (Å²) in [6.07, 6.45) is 1.43. The molecule has 1 aliphatic rings. The number of alkyl halides is 3. The number of hydrogen-bond acceptors (Lipinski definition) is 5. The van der Waals surface area contributed by atoms with Gasteiger partial charge in [-0.15, -0.1) is 0 Å². The van der Waals surface area contributed by atoms with E-state index in [9.17, 15) is 26.7 Å². The molecule has 0 unspecified atom stereocenters. The summed E-state index contributed by atoms with van der Waals surface area (Å²) in [5.74, 6) is -2.29. The molecule has 5 rings (SSSR count). The topological polar surface area (TPSA) is 80.4 Å². The lowest BCUT2D eigenvalue weighted by Gasteiger charge is -2.20. The van der Waals surface area contributed by atoms with Crippen molar-refractivity contribution >= 4 is 22.5 Å². The molecule has 178 valence electrons. The first-order chi connectivity index (χ1) is 16.2. The third-order valence-electron chi connectivity index (χ3n) is 5.56. The van der Waals surface area contributed by atoms with Crippen LogP contribution in [0.3, 0.4) is 0 Å². The second-order valence-corrected chi connectivity index (χ2v) is 7.98. The molecule has 1 aliphatic heterocycles.